The molecule has 1 aromatic heterocycles. The third-order valence-corrected chi connectivity index (χ3v) is 7.67. The molecule has 0 saturated carbocycles. The Morgan fingerprint density at radius 2 is 1.77 bits per heavy atom. The normalized spacial score (nSPS) is 22.4. The number of ether oxygens (including phenoxy) is 1. The smallest absolute Gasteiger partial charge is 0.253 e. The second-order valence-electron chi connectivity index (χ2n) is 10.4. The molecule has 5 rings (SSSR count). The summed E-state index contributed by atoms with van der Waals surface area (Å²) in [4.78, 5) is 48.2. The monoisotopic (exact) mass is 526 g/mol. The molecule has 0 aliphatic carbocycles. The van der Waals surface area contributed by atoms with Crippen molar-refractivity contribution in [3.63, 3.8) is 0 Å². The number of carbonyl (C=O) groups excluding carboxylic acids is 3. The summed E-state index contributed by atoms with van der Waals surface area (Å²) in [6.07, 6.45) is 5.54. The van der Waals surface area contributed by atoms with Gasteiger partial charge < -0.3 is 19.9 Å². The van der Waals surface area contributed by atoms with E-state index < -0.39 is 6.04 Å². The van der Waals surface area contributed by atoms with Gasteiger partial charge in [-0.3, -0.25) is 19.4 Å². The van der Waals surface area contributed by atoms with E-state index in [1.807, 2.05) is 66.4 Å². The molecule has 39 heavy (non-hydrogen) atoms. The second-order valence-corrected chi connectivity index (χ2v) is 10.4. The molecule has 1 fully saturated rings. The van der Waals surface area contributed by atoms with Crippen LogP contribution in [0.1, 0.15) is 42.1 Å². The van der Waals surface area contributed by atoms with Crippen LogP contribution in [0.2, 0.25) is 0 Å². The average Bonchev–Trinajstić information content (AvgIpc) is 3.44. The highest BCUT2D eigenvalue weighted by Gasteiger charge is 2.33. The van der Waals surface area contributed by atoms with E-state index in [0.29, 0.717) is 30.9 Å². The fraction of sp³-hybridized carbons (Fsp3) is 0.355. The molecule has 2 aromatic carbocycles. The van der Waals surface area contributed by atoms with Crippen LogP contribution in [0.25, 0.3) is 11.1 Å². The van der Waals surface area contributed by atoms with Crippen LogP contribution in [0.15, 0.2) is 73.1 Å². The fourth-order valence-electron chi connectivity index (χ4n) is 5.28. The summed E-state index contributed by atoms with van der Waals surface area (Å²) in [7, 11) is 1.70. The topological polar surface area (TPSA) is 91.8 Å². The van der Waals surface area contributed by atoms with Crippen LogP contribution >= 0.6 is 0 Å². The van der Waals surface area contributed by atoms with Gasteiger partial charge in [0.05, 0.1) is 11.6 Å². The fourth-order valence-corrected chi connectivity index (χ4v) is 5.28. The van der Waals surface area contributed by atoms with Gasteiger partial charge in [-0.15, -0.1) is 0 Å². The molecule has 2 aliphatic rings. The maximum absolute atomic E-state index is 13.7. The number of nitrogens with one attached hydrogen (secondary N) is 1. The van der Waals surface area contributed by atoms with Crippen LogP contribution in [0.4, 0.5) is 0 Å². The number of amides is 3. The van der Waals surface area contributed by atoms with Gasteiger partial charge in [0.1, 0.15) is 18.4 Å². The highest BCUT2D eigenvalue weighted by molar-refractivity contribution is 5.98. The molecule has 1 N–H and O–H groups in total. The number of likely N-dealkylation sites (N-methyl/N-ethyl adjacent to an activating group) is 1. The van der Waals surface area contributed by atoms with Crippen molar-refractivity contribution < 1.29 is 19.1 Å². The lowest BCUT2D eigenvalue weighted by atomic mass is 10.0. The van der Waals surface area contributed by atoms with Gasteiger partial charge in [0.2, 0.25) is 11.8 Å². The molecular weight excluding hydrogens is 492 g/mol. The third-order valence-electron chi connectivity index (χ3n) is 7.67. The third kappa shape index (κ3) is 6.11. The average molecular weight is 527 g/mol. The van der Waals surface area contributed by atoms with Crippen molar-refractivity contribution in [1.82, 2.24) is 20.1 Å². The summed E-state index contributed by atoms with van der Waals surface area (Å²) in [5.74, 6) is 0.0770. The molecular formula is C31H34N4O4. The molecule has 8 nitrogen and oxygen atoms in total. The van der Waals surface area contributed by atoms with Crippen LogP contribution in [0, 0.1) is 0 Å². The SMILES string of the molecule is C[C@@H]1CC(=O)N2CCC[C@H]2COc2cccc(c2)-c2cncc(c2)C(=O)N[C@@H](Cc2ccccc2)C(=O)N1C. The highest BCUT2D eigenvalue weighted by atomic mass is 16.5. The van der Waals surface area contributed by atoms with E-state index in [9.17, 15) is 14.4 Å². The number of hydrogen-bond donors (Lipinski definition) is 1. The van der Waals surface area contributed by atoms with Crippen LogP contribution in [-0.2, 0) is 16.0 Å². The van der Waals surface area contributed by atoms with Crippen molar-refractivity contribution in [2.75, 3.05) is 20.2 Å². The Labute approximate surface area is 229 Å². The van der Waals surface area contributed by atoms with E-state index in [1.54, 1.807) is 24.2 Å². The predicted molar refractivity (Wildman–Crippen MR) is 148 cm³/mol. The van der Waals surface area contributed by atoms with Gasteiger partial charge in [0, 0.05) is 50.4 Å². The van der Waals surface area contributed by atoms with Crippen molar-refractivity contribution in [3.05, 3.63) is 84.2 Å². The lowest BCUT2D eigenvalue weighted by Gasteiger charge is -2.31. The predicted octanol–water partition coefficient (Wildman–Crippen LogP) is 3.71. The van der Waals surface area contributed by atoms with Crippen molar-refractivity contribution in [1.29, 1.82) is 0 Å². The van der Waals surface area contributed by atoms with Crippen molar-refractivity contribution in [2.45, 2.75) is 50.7 Å². The summed E-state index contributed by atoms with van der Waals surface area (Å²) in [5, 5.41) is 2.94. The first kappa shape index (κ1) is 26.4. The molecule has 4 bridgehead atoms. The first-order valence-corrected chi connectivity index (χ1v) is 13.5. The van der Waals surface area contributed by atoms with Gasteiger partial charge >= 0.3 is 0 Å². The number of fused-ring (bicyclic) bond motifs is 6. The molecule has 3 aromatic rings. The van der Waals surface area contributed by atoms with Gasteiger partial charge in [-0.1, -0.05) is 42.5 Å². The van der Waals surface area contributed by atoms with Crippen LogP contribution < -0.4 is 10.1 Å². The van der Waals surface area contributed by atoms with Crippen molar-refractivity contribution >= 4 is 17.7 Å². The minimum absolute atomic E-state index is 0.00724. The highest BCUT2D eigenvalue weighted by Crippen LogP contribution is 2.26. The zero-order chi connectivity index (χ0) is 27.4. The van der Waals surface area contributed by atoms with Gasteiger partial charge in [0.25, 0.3) is 5.91 Å². The molecule has 0 unspecified atom stereocenters. The number of aromatic nitrogens is 1. The van der Waals surface area contributed by atoms with Crippen LogP contribution in [0.3, 0.4) is 0 Å². The Balaban J connectivity index is 1.50. The van der Waals surface area contributed by atoms with E-state index in [4.69, 9.17) is 4.74 Å². The van der Waals surface area contributed by atoms with E-state index >= 15 is 0 Å². The van der Waals surface area contributed by atoms with Crippen molar-refractivity contribution in [2.24, 2.45) is 0 Å². The molecule has 202 valence electrons. The Hall–Kier alpha value is -4.20. The zero-order valence-electron chi connectivity index (χ0n) is 22.4. The Bertz CT molecular complexity index is 1350. The zero-order valence-corrected chi connectivity index (χ0v) is 22.4. The first-order chi connectivity index (χ1) is 18.9. The number of benzene rings is 2. The number of carbonyl (C=O) groups is 3. The summed E-state index contributed by atoms with van der Waals surface area (Å²) in [5.41, 5.74) is 2.92. The van der Waals surface area contributed by atoms with E-state index in [1.165, 1.54) is 6.20 Å². The summed E-state index contributed by atoms with van der Waals surface area (Å²) < 4.78 is 6.12. The molecule has 3 atom stereocenters. The van der Waals surface area contributed by atoms with Crippen LogP contribution in [-0.4, -0.2) is 70.8 Å². The molecule has 0 radical (unpaired) electrons. The Kier molecular flexibility index (Phi) is 7.91. The van der Waals surface area contributed by atoms with Crippen LogP contribution in [0.5, 0.6) is 5.75 Å². The summed E-state index contributed by atoms with van der Waals surface area (Å²) >= 11 is 0. The number of pyridine rings is 1. The second kappa shape index (κ2) is 11.7. The van der Waals surface area contributed by atoms with Gasteiger partial charge in [-0.05, 0) is 49.1 Å². The molecule has 0 spiro atoms. The molecule has 2 aliphatic heterocycles. The summed E-state index contributed by atoms with van der Waals surface area (Å²) in [6.45, 7) is 2.95. The van der Waals surface area contributed by atoms with E-state index in [-0.39, 0.29) is 36.2 Å². The maximum Gasteiger partial charge on any atom is 0.253 e. The molecule has 3 heterocycles. The van der Waals surface area contributed by atoms with E-state index in [0.717, 1.165) is 29.5 Å². The maximum atomic E-state index is 13.7. The minimum atomic E-state index is -0.804. The number of hydrogen-bond acceptors (Lipinski definition) is 5. The van der Waals surface area contributed by atoms with Gasteiger partial charge in [0.15, 0.2) is 0 Å². The quantitative estimate of drug-likeness (QED) is 0.550. The first-order valence-electron chi connectivity index (χ1n) is 13.5. The molecule has 3 amide bonds. The lowest BCUT2D eigenvalue weighted by Crippen LogP contribution is -2.52. The van der Waals surface area contributed by atoms with Gasteiger partial charge in [-0.2, -0.15) is 0 Å². The van der Waals surface area contributed by atoms with Gasteiger partial charge in [-0.25, -0.2) is 0 Å². The number of rotatable bonds is 2. The van der Waals surface area contributed by atoms with E-state index in [2.05, 4.69) is 10.3 Å². The lowest BCUT2D eigenvalue weighted by molar-refractivity contribution is -0.137. The standard InChI is InChI=1S/C31H34N4O4/c1-21-14-29(36)35-13-7-11-26(35)20-39-27-12-6-10-23(17-27)24-16-25(19-32-18-24)30(37)33-28(31(38)34(21)2)15-22-8-4-3-5-9-22/h3-6,8-10,12,16-19,21,26,28H,7,11,13-15,20H2,1-2H3,(H,33,37)/t21-,26+,28+/m1/s1. The molecule has 8 heteroatoms. The number of nitrogens with zero attached hydrogens (tertiary/aromatic N) is 3. The Morgan fingerprint density at radius 1 is 0.974 bits per heavy atom. The molecule has 1 saturated heterocycles. The minimum Gasteiger partial charge on any atom is -0.491 e. The van der Waals surface area contributed by atoms with Crippen molar-refractivity contribution in [3.8, 4) is 16.9 Å². The summed E-state index contributed by atoms with van der Waals surface area (Å²) in [6, 6.07) is 17.9. The Morgan fingerprint density at radius 3 is 2.59 bits per heavy atom. The largest absolute Gasteiger partial charge is 0.491 e.